The third-order valence-electron chi connectivity index (χ3n) is 7.75. The highest BCUT2D eigenvalue weighted by Gasteiger charge is 2.43. The van der Waals surface area contributed by atoms with E-state index in [9.17, 15) is 45.6 Å². The lowest BCUT2D eigenvalue weighted by atomic mass is 9.65. The topological polar surface area (TPSA) is 179 Å². The van der Waals surface area contributed by atoms with Crippen LogP contribution in [0.4, 0.5) is 0 Å². The Kier molecular flexibility index (Phi) is 7.65. The number of phenols is 8. The van der Waals surface area contributed by atoms with Gasteiger partial charge in [0.1, 0.15) is 46.0 Å². The third kappa shape index (κ3) is 5.78. The molecule has 0 spiro atoms. The molecule has 1 unspecified atom stereocenters. The lowest BCUT2D eigenvalue weighted by Gasteiger charge is -2.37. The maximum atomic E-state index is 14.2. The number of benzene rings is 4. The summed E-state index contributed by atoms with van der Waals surface area (Å²) in [6, 6.07) is 14.5. The zero-order valence-electron chi connectivity index (χ0n) is 23.0. The average Bonchev–Trinajstić information content (AvgIpc) is 2.91. The highest BCUT2D eigenvalue weighted by molar-refractivity contribution is 6.02. The van der Waals surface area contributed by atoms with Crippen LogP contribution in [0.15, 0.2) is 78.4 Å². The van der Waals surface area contributed by atoms with Crippen molar-refractivity contribution in [2.75, 3.05) is 0 Å². The van der Waals surface area contributed by atoms with Gasteiger partial charge >= 0.3 is 0 Å². The van der Waals surface area contributed by atoms with Gasteiger partial charge in [0.15, 0.2) is 5.78 Å². The molecule has 220 valence electrons. The quantitative estimate of drug-likeness (QED) is 0.0744. The zero-order valence-corrected chi connectivity index (χ0v) is 23.0. The fourth-order valence-electron chi connectivity index (χ4n) is 5.81. The van der Waals surface area contributed by atoms with Gasteiger partial charge < -0.3 is 40.9 Å². The Morgan fingerprint density at radius 3 is 1.86 bits per heavy atom. The monoisotopic (exact) mass is 582 g/mol. The average molecular weight is 583 g/mol. The lowest BCUT2D eigenvalue weighted by molar-refractivity contribution is 0.0876. The molecule has 0 aliphatic heterocycles. The van der Waals surface area contributed by atoms with Crippen molar-refractivity contribution in [2.24, 2.45) is 5.92 Å². The number of hydrogen-bond acceptors (Lipinski definition) is 9. The molecule has 0 bridgehead atoms. The second kappa shape index (κ2) is 11.4. The van der Waals surface area contributed by atoms with Gasteiger partial charge in [-0.1, -0.05) is 29.9 Å². The molecule has 0 fully saturated rings. The van der Waals surface area contributed by atoms with Crippen molar-refractivity contribution in [1.82, 2.24) is 0 Å². The first kappa shape index (κ1) is 28.9. The fourth-order valence-corrected chi connectivity index (χ4v) is 5.81. The van der Waals surface area contributed by atoms with Crippen molar-refractivity contribution < 1.29 is 45.6 Å². The molecule has 9 nitrogen and oxygen atoms in total. The molecule has 0 amide bonds. The molecule has 5 rings (SSSR count). The summed E-state index contributed by atoms with van der Waals surface area (Å²) in [6.07, 6.45) is 5.16. The van der Waals surface area contributed by atoms with Crippen LogP contribution in [0.3, 0.4) is 0 Å². The zero-order chi connectivity index (χ0) is 31.0. The molecule has 8 N–H and O–H groups in total. The molecule has 4 aromatic rings. The van der Waals surface area contributed by atoms with Gasteiger partial charge in [0.2, 0.25) is 0 Å². The largest absolute Gasteiger partial charge is 0.508 e. The number of aromatic hydroxyl groups is 8. The summed E-state index contributed by atoms with van der Waals surface area (Å²) in [7, 11) is 0. The van der Waals surface area contributed by atoms with E-state index in [1.807, 2.05) is 6.92 Å². The van der Waals surface area contributed by atoms with E-state index in [2.05, 4.69) is 0 Å². The van der Waals surface area contributed by atoms with Gasteiger partial charge in [-0.15, -0.1) is 0 Å². The Balaban J connectivity index is 1.62. The van der Waals surface area contributed by atoms with Crippen molar-refractivity contribution in [3.05, 3.63) is 106 Å². The van der Waals surface area contributed by atoms with Gasteiger partial charge in [-0.25, -0.2) is 0 Å². The second-order valence-electron chi connectivity index (χ2n) is 10.7. The summed E-state index contributed by atoms with van der Waals surface area (Å²) in [6.45, 7) is 1.82. The predicted octanol–water partition coefficient (Wildman–Crippen LogP) is 6.22. The highest BCUT2D eigenvalue weighted by atomic mass is 16.3. The molecule has 9 heteroatoms. The van der Waals surface area contributed by atoms with Crippen molar-refractivity contribution >= 4 is 17.9 Å². The number of Topliss-reactive ketones (excluding diaryl/α,β-unsaturated/α-hetero) is 1. The molecular formula is C34H30O9. The van der Waals surface area contributed by atoms with E-state index in [1.54, 1.807) is 12.2 Å². The van der Waals surface area contributed by atoms with Crippen LogP contribution in [0.5, 0.6) is 46.0 Å². The fraction of sp³-hybridized carbons (Fsp3) is 0.147. The van der Waals surface area contributed by atoms with Gasteiger partial charge in [0, 0.05) is 47.1 Å². The smallest absolute Gasteiger partial charge is 0.171 e. The highest BCUT2D eigenvalue weighted by Crippen LogP contribution is 2.52. The number of allylic oxidation sites excluding steroid dienone is 2. The van der Waals surface area contributed by atoms with E-state index in [1.165, 1.54) is 66.7 Å². The summed E-state index contributed by atoms with van der Waals surface area (Å²) in [5.41, 5.74) is 1.92. The van der Waals surface area contributed by atoms with Crippen LogP contribution in [-0.2, 0) is 0 Å². The first-order valence-corrected chi connectivity index (χ1v) is 13.4. The third-order valence-corrected chi connectivity index (χ3v) is 7.75. The van der Waals surface area contributed by atoms with Crippen LogP contribution >= 0.6 is 0 Å². The van der Waals surface area contributed by atoms with Crippen LogP contribution in [-0.4, -0.2) is 46.6 Å². The van der Waals surface area contributed by atoms with Crippen LogP contribution in [0, 0.1) is 5.92 Å². The molecule has 3 atom stereocenters. The van der Waals surface area contributed by atoms with E-state index in [0.29, 0.717) is 23.1 Å². The molecule has 0 heterocycles. The van der Waals surface area contributed by atoms with Crippen molar-refractivity contribution in [2.45, 2.75) is 25.2 Å². The van der Waals surface area contributed by atoms with E-state index in [0.717, 1.165) is 11.6 Å². The minimum absolute atomic E-state index is 0.0589. The van der Waals surface area contributed by atoms with Crippen LogP contribution in [0.2, 0.25) is 0 Å². The Hall–Kier alpha value is -5.57. The van der Waals surface area contributed by atoms with E-state index in [4.69, 9.17) is 0 Å². The minimum Gasteiger partial charge on any atom is -0.508 e. The Morgan fingerprint density at radius 1 is 0.674 bits per heavy atom. The summed E-state index contributed by atoms with van der Waals surface area (Å²) < 4.78 is 0. The number of hydrogen-bond donors (Lipinski definition) is 8. The first-order valence-electron chi connectivity index (χ1n) is 13.4. The van der Waals surface area contributed by atoms with E-state index < -0.39 is 29.3 Å². The van der Waals surface area contributed by atoms with Gasteiger partial charge in [0.05, 0.1) is 5.56 Å². The number of ketones is 1. The maximum absolute atomic E-state index is 14.2. The predicted molar refractivity (Wildman–Crippen MR) is 160 cm³/mol. The number of carbonyl (C=O) groups excluding carboxylic acids is 1. The van der Waals surface area contributed by atoms with Crippen LogP contribution in [0.1, 0.15) is 57.8 Å². The molecule has 0 saturated carbocycles. The normalized spacial score (nSPS) is 18.4. The van der Waals surface area contributed by atoms with E-state index >= 15 is 0 Å². The minimum atomic E-state index is -1.04. The van der Waals surface area contributed by atoms with Gasteiger partial charge in [-0.2, -0.15) is 0 Å². The van der Waals surface area contributed by atoms with Crippen LogP contribution in [0.25, 0.3) is 12.2 Å². The Morgan fingerprint density at radius 2 is 1.26 bits per heavy atom. The standard InChI is InChI=1S/C34H30O9/c1-17-10-25(23-8-6-21(36)15-28(23)39)32(34(43)24-9-7-22(37)16-29(24)40)26(11-17)33-30(41)12-18(13-31(33)42)2-3-19-4-5-20(35)14-27(19)38/h2-9,11-16,25-26,32,35-42H,10H2,1H3/b3-2+/t25-,26?,32-/m1/s1. The van der Waals surface area contributed by atoms with Gasteiger partial charge in [-0.05, 0) is 66.9 Å². The summed E-state index contributed by atoms with van der Waals surface area (Å²) in [5.74, 6) is -5.17. The lowest BCUT2D eigenvalue weighted by Crippen LogP contribution is -2.31. The molecule has 0 radical (unpaired) electrons. The van der Waals surface area contributed by atoms with E-state index in [-0.39, 0.29) is 51.4 Å². The number of carbonyl (C=O) groups is 1. The molecule has 1 aliphatic carbocycles. The molecule has 0 aromatic heterocycles. The Bertz CT molecular complexity index is 1760. The summed E-state index contributed by atoms with van der Waals surface area (Å²) >= 11 is 0. The van der Waals surface area contributed by atoms with Crippen molar-refractivity contribution in [3.8, 4) is 46.0 Å². The maximum Gasteiger partial charge on any atom is 0.171 e. The first-order chi connectivity index (χ1) is 20.4. The SMILES string of the molecule is CC1=CC(c2c(O)cc(/C=C/c3ccc(O)cc3O)cc2O)[C@H](C(=O)c2ccc(O)cc2O)[C@@H](c2ccc(O)cc2O)C1. The second-order valence-corrected chi connectivity index (χ2v) is 10.7. The molecule has 4 aromatic carbocycles. The summed E-state index contributed by atoms with van der Waals surface area (Å²) in [4.78, 5) is 14.2. The van der Waals surface area contributed by atoms with Crippen molar-refractivity contribution in [1.29, 1.82) is 0 Å². The molecular weight excluding hydrogens is 552 g/mol. The number of phenolic OH excluding ortho intramolecular Hbond substituents is 8. The Labute approximate surface area is 246 Å². The number of rotatable bonds is 6. The molecule has 1 aliphatic rings. The van der Waals surface area contributed by atoms with Crippen molar-refractivity contribution in [3.63, 3.8) is 0 Å². The molecule has 0 saturated heterocycles. The van der Waals surface area contributed by atoms with Gasteiger partial charge in [0.25, 0.3) is 0 Å². The summed E-state index contributed by atoms with van der Waals surface area (Å²) in [5, 5.41) is 83.1. The van der Waals surface area contributed by atoms with Crippen LogP contribution < -0.4 is 0 Å². The van der Waals surface area contributed by atoms with Gasteiger partial charge in [-0.3, -0.25) is 4.79 Å². The molecule has 43 heavy (non-hydrogen) atoms.